The predicted octanol–water partition coefficient (Wildman–Crippen LogP) is 2.37. The molecule has 0 radical (unpaired) electrons. The van der Waals surface area contributed by atoms with Crippen molar-refractivity contribution in [2.75, 3.05) is 19.8 Å². The summed E-state index contributed by atoms with van der Waals surface area (Å²) >= 11 is 0. The van der Waals surface area contributed by atoms with Crippen LogP contribution in [0.25, 0.3) is 0 Å². The summed E-state index contributed by atoms with van der Waals surface area (Å²) in [5.41, 5.74) is 8.84. The molecular weight excluding hydrogens is 226 g/mol. The highest BCUT2D eigenvalue weighted by molar-refractivity contribution is 5.28. The van der Waals surface area contributed by atoms with E-state index in [2.05, 4.69) is 24.3 Å². The third-order valence-electron chi connectivity index (χ3n) is 4.14. The van der Waals surface area contributed by atoms with Crippen molar-refractivity contribution in [1.82, 2.24) is 0 Å². The van der Waals surface area contributed by atoms with Gasteiger partial charge in [-0.1, -0.05) is 30.7 Å². The topological polar surface area (TPSA) is 44.5 Å². The molecule has 1 heterocycles. The first-order valence-electron chi connectivity index (χ1n) is 6.89. The van der Waals surface area contributed by atoms with Gasteiger partial charge in [-0.15, -0.1) is 0 Å². The Balaban J connectivity index is 1.67. The van der Waals surface area contributed by atoms with E-state index in [1.165, 1.54) is 24.8 Å². The maximum atomic E-state index is 6.24. The Kier molecular flexibility index (Phi) is 3.64. The first-order valence-corrected chi connectivity index (χ1v) is 6.89. The summed E-state index contributed by atoms with van der Waals surface area (Å²) in [6.45, 7) is 1.94. The zero-order chi connectivity index (χ0) is 12.4. The molecule has 2 N–H and O–H groups in total. The Bertz CT molecular complexity index is 380. The third-order valence-corrected chi connectivity index (χ3v) is 4.14. The molecular formula is C15H21NO2. The van der Waals surface area contributed by atoms with Crippen molar-refractivity contribution in [2.24, 2.45) is 5.73 Å². The standard InChI is InChI=1S/C15H21NO2/c16-15(14-10-17-8-9-18-14)13-6-4-12(5-7-13)11-2-1-3-11/h4-7,11,14-15H,1-3,8-10,16H2. The molecule has 2 atom stereocenters. The molecule has 1 aromatic carbocycles. The van der Waals surface area contributed by atoms with Gasteiger partial charge in [-0.3, -0.25) is 0 Å². The minimum absolute atomic E-state index is 0.00620. The first kappa shape index (κ1) is 12.2. The molecule has 0 spiro atoms. The van der Waals surface area contributed by atoms with Crippen LogP contribution in [0.2, 0.25) is 0 Å². The van der Waals surface area contributed by atoms with Crippen LogP contribution in [0.15, 0.2) is 24.3 Å². The number of nitrogens with two attached hydrogens (primary N) is 1. The van der Waals surface area contributed by atoms with Gasteiger partial charge in [0.05, 0.1) is 25.9 Å². The average molecular weight is 247 g/mol. The SMILES string of the molecule is NC(c1ccc(C2CCC2)cc1)C1COCCO1. The van der Waals surface area contributed by atoms with Gasteiger partial charge in [-0.2, -0.15) is 0 Å². The smallest absolute Gasteiger partial charge is 0.100 e. The Hall–Kier alpha value is -0.900. The van der Waals surface area contributed by atoms with Crippen molar-refractivity contribution in [1.29, 1.82) is 0 Å². The summed E-state index contributed by atoms with van der Waals surface area (Å²) in [7, 11) is 0. The molecule has 1 aliphatic heterocycles. The van der Waals surface area contributed by atoms with Crippen LogP contribution in [-0.2, 0) is 9.47 Å². The van der Waals surface area contributed by atoms with E-state index in [1.54, 1.807) is 0 Å². The van der Waals surface area contributed by atoms with Crippen LogP contribution in [0, 0.1) is 0 Å². The van der Waals surface area contributed by atoms with Crippen molar-refractivity contribution in [3.63, 3.8) is 0 Å². The quantitative estimate of drug-likeness (QED) is 0.892. The molecule has 3 heteroatoms. The maximum Gasteiger partial charge on any atom is 0.100 e. The molecule has 18 heavy (non-hydrogen) atoms. The molecule has 1 saturated heterocycles. The van der Waals surface area contributed by atoms with Crippen LogP contribution in [0.4, 0.5) is 0 Å². The summed E-state index contributed by atoms with van der Waals surface area (Å²) in [6, 6.07) is 8.67. The zero-order valence-corrected chi connectivity index (χ0v) is 10.7. The zero-order valence-electron chi connectivity index (χ0n) is 10.7. The van der Waals surface area contributed by atoms with Crippen LogP contribution >= 0.6 is 0 Å². The van der Waals surface area contributed by atoms with Gasteiger partial charge in [-0.05, 0) is 29.9 Å². The van der Waals surface area contributed by atoms with Crippen molar-refractivity contribution in [2.45, 2.75) is 37.3 Å². The summed E-state index contributed by atoms with van der Waals surface area (Å²) < 4.78 is 11.1. The van der Waals surface area contributed by atoms with Gasteiger partial charge < -0.3 is 15.2 Å². The van der Waals surface area contributed by atoms with E-state index in [9.17, 15) is 0 Å². The van der Waals surface area contributed by atoms with Gasteiger partial charge in [0.2, 0.25) is 0 Å². The number of hydrogen-bond acceptors (Lipinski definition) is 3. The number of benzene rings is 1. The lowest BCUT2D eigenvalue weighted by Crippen LogP contribution is -2.37. The summed E-state index contributed by atoms with van der Waals surface area (Å²) in [5, 5.41) is 0. The highest BCUT2D eigenvalue weighted by atomic mass is 16.6. The Labute approximate surface area is 108 Å². The van der Waals surface area contributed by atoms with E-state index < -0.39 is 0 Å². The monoisotopic (exact) mass is 247 g/mol. The van der Waals surface area contributed by atoms with Crippen molar-refractivity contribution >= 4 is 0 Å². The van der Waals surface area contributed by atoms with E-state index >= 15 is 0 Å². The van der Waals surface area contributed by atoms with E-state index in [1.807, 2.05) is 0 Å². The van der Waals surface area contributed by atoms with Crippen molar-refractivity contribution in [3.05, 3.63) is 35.4 Å². The Morgan fingerprint density at radius 3 is 2.44 bits per heavy atom. The largest absolute Gasteiger partial charge is 0.376 e. The highest BCUT2D eigenvalue weighted by Gasteiger charge is 2.24. The van der Waals surface area contributed by atoms with Gasteiger partial charge in [0.1, 0.15) is 6.10 Å². The fourth-order valence-corrected chi connectivity index (χ4v) is 2.66. The van der Waals surface area contributed by atoms with Gasteiger partial charge in [0.15, 0.2) is 0 Å². The molecule has 1 aliphatic carbocycles. The minimum atomic E-state index is -0.0826. The van der Waals surface area contributed by atoms with Crippen LogP contribution in [-0.4, -0.2) is 25.9 Å². The van der Waals surface area contributed by atoms with E-state index in [0.717, 1.165) is 11.5 Å². The van der Waals surface area contributed by atoms with Crippen molar-refractivity contribution in [3.8, 4) is 0 Å². The molecule has 0 bridgehead atoms. The fourth-order valence-electron chi connectivity index (χ4n) is 2.66. The lowest BCUT2D eigenvalue weighted by Gasteiger charge is -2.29. The maximum absolute atomic E-state index is 6.24. The Morgan fingerprint density at radius 1 is 1.11 bits per heavy atom. The van der Waals surface area contributed by atoms with Crippen LogP contribution in [0.3, 0.4) is 0 Å². The Morgan fingerprint density at radius 2 is 1.89 bits per heavy atom. The molecule has 1 aromatic rings. The lowest BCUT2D eigenvalue weighted by molar-refractivity contribution is -0.0975. The van der Waals surface area contributed by atoms with E-state index in [-0.39, 0.29) is 12.1 Å². The van der Waals surface area contributed by atoms with Crippen LogP contribution in [0.1, 0.15) is 42.3 Å². The fraction of sp³-hybridized carbons (Fsp3) is 0.600. The lowest BCUT2D eigenvalue weighted by atomic mass is 9.80. The van der Waals surface area contributed by atoms with Crippen molar-refractivity contribution < 1.29 is 9.47 Å². The first-order chi connectivity index (χ1) is 8.84. The third kappa shape index (κ3) is 2.44. The molecule has 1 saturated carbocycles. The number of rotatable bonds is 3. The molecule has 0 aromatic heterocycles. The summed E-state index contributed by atoms with van der Waals surface area (Å²) in [6.07, 6.45) is 4.04. The molecule has 2 aliphatic rings. The number of hydrogen-bond donors (Lipinski definition) is 1. The molecule has 2 fully saturated rings. The van der Waals surface area contributed by atoms with Gasteiger partial charge >= 0.3 is 0 Å². The molecule has 0 amide bonds. The minimum Gasteiger partial charge on any atom is -0.376 e. The van der Waals surface area contributed by atoms with Crippen LogP contribution in [0.5, 0.6) is 0 Å². The molecule has 3 nitrogen and oxygen atoms in total. The van der Waals surface area contributed by atoms with Gasteiger partial charge in [-0.25, -0.2) is 0 Å². The highest BCUT2D eigenvalue weighted by Crippen LogP contribution is 2.36. The molecule has 2 unspecified atom stereocenters. The second kappa shape index (κ2) is 5.39. The van der Waals surface area contributed by atoms with Gasteiger partial charge in [0.25, 0.3) is 0 Å². The second-order valence-corrected chi connectivity index (χ2v) is 5.30. The van der Waals surface area contributed by atoms with Gasteiger partial charge in [0, 0.05) is 0 Å². The molecule has 3 rings (SSSR count). The van der Waals surface area contributed by atoms with E-state index in [0.29, 0.717) is 19.8 Å². The average Bonchev–Trinajstić information content (AvgIpc) is 2.38. The van der Waals surface area contributed by atoms with Crippen LogP contribution < -0.4 is 5.73 Å². The summed E-state index contributed by atoms with van der Waals surface area (Å²) in [4.78, 5) is 0. The molecule has 98 valence electrons. The second-order valence-electron chi connectivity index (χ2n) is 5.30. The normalized spacial score (nSPS) is 26.6. The predicted molar refractivity (Wildman–Crippen MR) is 70.5 cm³/mol. The summed E-state index contributed by atoms with van der Waals surface area (Å²) in [5.74, 6) is 0.782. The number of ether oxygens (including phenoxy) is 2. The van der Waals surface area contributed by atoms with E-state index in [4.69, 9.17) is 15.2 Å².